The highest BCUT2D eigenvalue weighted by Gasteiger charge is 2.06. The number of nitrogens with zero attached hydrogens (tertiary/aromatic N) is 3. The summed E-state index contributed by atoms with van der Waals surface area (Å²) in [5, 5.41) is 6.11. The lowest BCUT2D eigenvalue weighted by atomic mass is 10.2. The molecule has 0 saturated carbocycles. The van der Waals surface area contributed by atoms with Gasteiger partial charge in [0.1, 0.15) is 5.82 Å². The van der Waals surface area contributed by atoms with Crippen LogP contribution < -0.4 is 5.32 Å². The largest absolute Gasteiger partial charge is 0.469 e. The first-order valence-electron chi connectivity index (χ1n) is 6.40. The van der Waals surface area contributed by atoms with Gasteiger partial charge >= 0.3 is 5.97 Å². The van der Waals surface area contributed by atoms with Gasteiger partial charge in [-0.2, -0.15) is 0 Å². The first-order chi connectivity index (χ1) is 9.69. The van der Waals surface area contributed by atoms with Crippen molar-refractivity contribution in [3.63, 3.8) is 0 Å². The van der Waals surface area contributed by atoms with Gasteiger partial charge in [0.05, 0.1) is 19.2 Å². The van der Waals surface area contributed by atoms with E-state index in [1.807, 2.05) is 23.2 Å². The van der Waals surface area contributed by atoms with Gasteiger partial charge in [-0.25, -0.2) is 9.97 Å². The molecule has 2 heterocycles. The Hall–Kier alpha value is -1.89. The number of aromatic nitrogens is 3. The summed E-state index contributed by atoms with van der Waals surface area (Å²) in [6.45, 7) is 0.787. The lowest BCUT2D eigenvalue weighted by Crippen LogP contribution is -2.08. The van der Waals surface area contributed by atoms with Crippen molar-refractivity contribution in [1.82, 2.24) is 14.5 Å². The fourth-order valence-electron chi connectivity index (χ4n) is 1.75. The number of hydrogen-bond donors (Lipinski definition) is 1. The Morgan fingerprint density at radius 1 is 1.50 bits per heavy atom. The third-order valence-electron chi connectivity index (χ3n) is 2.91. The van der Waals surface area contributed by atoms with Gasteiger partial charge < -0.3 is 14.6 Å². The van der Waals surface area contributed by atoms with E-state index in [-0.39, 0.29) is 5.97 Å². The third-order valence-corrected chi connectivity index (χ3v) is 3.76. The first-order valence-corrected chi connectivity index (χ1v) is 7.28. The zero-order chi connectivity index (χ0) is 14.4. The predicted octanol–water partition coefficient (Wildman–Crippen LogP) is 1.64. The average molecular weight is 294 g/mol. The highest BCUT2D eigenvalue weighted by molar-refractivity contribution is 7.13. The minimum atomic E-state index is -0.206. The highest BCUT2D eigenvalue weighted by atomic mass is 32.1. The average Bonchev–Trinajstić information content (AvgIpc) is 3.06. The molecule has 0 fully saturated rings. The number of anilines is 1. The van der Waals surface area contributed by atoms with Crippen molar-refractivity contribution in [3.8, 4) is 0 Å². The maximum absolute atomic E-state index is 11.1. The van der Waals surface area contributed by atoms with Crippen LogP contribution >= 0.6 is 11.3 Å². The number of carbonyl (C=O) groups excluding carboxylic acids is 1. The molecule has 0 saturated heterocycles. The van der Waals surface area contributed by atoms with E-state index in [0.717, 1.165) is 29.6 Å². The van der Waals surface area contributed by atoms with E-state index in [9.17, 15) is 4.79 Å². The molecule has 0 spiro atoms. The van der Waals surface area contributed by atoms with Gasteiger partial charge in [-0.05, 0) is 0 Å². The predicted molar refractivity (Wildman–Crippen MR) is 77.9 cm³/mol. The van der Waals surface area contributed by atoms with Crippen molar-refractivity contribution < 1.29 is 9.53 Å². The van der Waals surface area contributed by atoms with Crippen LogP contribution in [0.3, 0.4) is 0 Å². The van der Waals surface area contributed by atoms with Crippen LogP contribution in [0.1, 0.15) is 17.9 Å². The second kappa shape index (κ2) is 7.04. The van der Waals surface area contributed by atoms with Gasteiger partial charge in [-0.15, -0.1) is 11.3 Å². The Morgan fingerprint density at radius 3 is 3.05 bits per heavy atom. The molecule has 0 unspecified atom stereocenters. The Kier molecular flexibility index (Phi) is 5.11. The minimum absolute atomic E-state index is 0.206. The molecule has 0 bridgehead atoms. The third kappa shape index (κ3) is 4.06. The van der Waals surface area contributed by atoms with Crippen molar-refractivity contribution in [2.24, 2.45) is 7.05 Å². The molecule has 0 aliphatic rings. The second-order valence-corrected chi connectivity index (χ2v) is 5.21. The zero-order valence-electron chi connectivity index (χ0n) is 11.6. The van der Waals surface area contributed by atoms with Crippen LogP contribution in [-0.2, 0) is 29.4 Å². The van der Waals surface area contributed by atoms with Crippen LogP contribution in [0.25, 0.3) is 0 Å². The Balaban J connectivity index is 1.75. The van der Waals surface area contributed by atoms with E-state index >= 15 is 0 Å². The number of imidazole rings is 1. The number of carbonyl (C=O) groups is 1. The van der Waals surface area contributed by atoms with Crippen molar-refractivity contribution >= 4 is 22.4 Å². The normalized spacial score (nSPS) is 10.5. The molecule has 0 aliphatic heterocycles. The number of aryl methyl sites for hydroxylation is 2. The van der Waals surface area contributed by atoms with Crippen molar-refractivity contribution in [2.75, 3.05) is 19.0 Å². The van der Waals surface area contributed by atoms with E-state index in [0.29, 0.717) is 12.8 Å². The van der Waals surface area contributed by atoms with Crippen LogP contribution in [0.2, 0.25) is 0 Å². The number of hydrogen-bond acceptors (Lipinski definition) is 6. The zero-order valence-corrected chi connectivity index (χ0v) is 12.4. The lowest BCUT2D eigenvalue weighted by molar-refractivity contribution is -0.140. The molecule has 108 valence electrons. The number of methoxy groups -OCH3 is 1. The molecule has 0 amide bonds. The second-order valence-electron chi connectivity index (χ2n) is 4.35. The maximum atomic E-state index is 11.1. The quantitative estimate of drug-likeness (QED) is 0.786. The Bertz CT molecular complexity index is 564. The van der Waals surface area contributed by atoms with Crippen LogP contribution in [0.15, 0.2) is 17.8 Å². The SMILES string of the molecule is COC(=O)CCc1csc(NCCc2nccn2C)n1. The van der Waals surface area contributed by atoms with Crippen molar-refractivity contribution in [1.29, 1.82) is 0 Å². The number of rotatable bonds is 7. The maximum Gasteiger partial charge on any atom is 0.305 e. The molecule has 6 nitrogen and oxygen atoms in total. The van der Waals surface area contributed by atoms with Crippen molar-refractivity contribution in [2.45, 2.75) is 19.3 Å². The molecule has 20 heavy (non-hydrogen) atoms. The van der Waals surface area contributed by atoms with Gasteiger partial charge in [0.2, 0.25) is 0 Å². The standard InChI is InChI=1S/C13H18N4O2S/c1-17-8-7-14-11(17)5-6-15-13-16-10(9-20-13)3-4-12(18)19-2/h7-9H,3-6H2,1-2H3,(H,15,16). The lowest BCUT2D eigenvalue weighted by Gasteiger charge is -2.03. The minimum Gasteiger partial charge on any atom is -0.469 e. The highest BCUT2D eigenvalue weighted by Crippen LogP contribution is 2.16. The number of nitrogens with one attached hydrogen (secondary N) is 1. The molecule has 0 atom stereocenters. The smallest absolute Gasteiger partial charge is 0.305 e. The topological polar surface area (TPSA) is 69.0 Å². The summed E-state index contributed by atoms with van der Waals surface area (Å²) in [5.74, 6) is 0.835. The molecule has 0 aromatic carbocycles. The molecule has 7 heteroatoms. The van der Waals surface area contributed by atoms with Gasteiger partial charge in [0, 0.05) is 44.2 Å². The van der Waals surface area contributed by atoms with Crippen LogP contribution in [-0.4, -0.2) is 34.2 Å². The molecule has 0 aliphatic carbocycles. The van der Waals surface area contributed by atoms with E-state index in [2.05, 4.69) is 20.0 Å². The number of thiazole rings is 1. The molecule has 2 aromatic heterocycles. The van der Waals surface area contributed by atoms with E-state index in [1.165, 1.54) is 7.11 Å². The fourth-order valence-corrected chi connectivity index (χ4v) is 2.53. The summed E-state index contributed by atoms with van der Waals surface area (Å²) in [5.41, 5.74) is 0.917. The molecular formula is C13H18N4O2S. The van der Waals surface area contributed by atoms with Crippen LogP contribution in [0.5, 0.6) is 0 Å². The van der Waals surface area contributed by atoms with E-state index < -0.39 is 0 Å². The summed E-state index contributed by atoms with van der Waals surface area (Å²) in [4.78, 5) is 19.8. The van der Waals surface area contributed by atoms with E-state index in [1.54, 1.807) is 17.5 Å². The molecule has 2 rings (SSSR count). The summed E-state index contributed by atoms with van der Waals surface area (Å²) < 4.78 is 6.61. The summed E-state index contributed by atoms with van der Waals surface area (Å²) in [6, 6.07) is 0. The monoisotopic (exact) mass is 294 g/mol. The van der Waals surface area contributed by atoms with Gasteiger partial charge in [0.25, 0.3) is 0 Å². The van der Waals surface area contributed by atoms with Crippen molar-refractivity contribution in [3.05, 3.63) is 29.3 Å². The van der Waals surface area contributed by atoms with Crippen LogP contribution in [0, 0.1) is 0 Å². The Morgan fingerprint density at radius 2 is 2.35 bits per heavy atom. The molecule has 2 aromatic rings. The number of ether oxygens (including phenoxy) is 1. The molecule has 0 radical (unpaired) electrons. The summed E-state index contributed by atoms with van der Waals surface area (Å²) in [7, 11) is 3.38. The fraction of sp³-hybridized carbons (Fsp3) is 0.462. The van der Waals surface area contributed by atoms with Gasteiger partial charge in [-0.1, -0.05) is 0 Å². The summed E-state index contributed by atoms with van der Waals surface area (Å²) in [6.07, 6.45) is 5.56. The van der Waals surface area contributed by atoms with Crippen LogP contribution in [0.4, 0.5) is 5.13 Å². The molecular weight excluding hydrogens is 276 g/mol. The Labute approximate surface area is 121 Å². The van der Waals surface area contributed by atoms with Gasteiger partial charge in [0.15, 0.2) is 5.13 Å². The molecule has 1 N–H and O–H groups in total. The van der Waals surface area contributed by atoms with E-state index in [4.69, 9.17) is 0 Å². The van der Waals surface area contributed by atoms with Gasteiger partial charge in [-0.3, -0.25) is 4.79 Å². The summed E-state index contributed by atoms with van der Waals surface area (Å²) >= 11 is 1.55. The first kappa shape index (κ1) is 14.5. The number of esters is 1.